The van der Waals surface area contributed by atoms with Crippen LogP contribution in [0.25, 0.3) is 21.9 Å². The number of rotatable bonds is 8. The van der Waals surface area contributed by atoms with Gasteiger partial charge in [-0.15, -0.1) is 0 Å². The topological polar surface area (TPSA) is 103 Å². The van der Waals surface area contributed by atoms with Crippen LogP contribution in [0.2, 0.25) is 5.02 Å². The second kappa shape index (κ2) is 12.3. The predicted octanol–water partition coefficient (Wildman–Crippen LogP) is 5.54. The molecule has 0 spiro atoms. The minimum absolute atomic E-state index is 0.0840. The van der Waals surface area contributed by atoms with E-state index in [0.717, 1.165) is 85.8 Å². The molecule has 0 aliphatic carbocycles. The summed E-state index contributed by atoms with van der Waals surface area (Å²) in [6.45, 7) is 7.40. The van der Waals surface area contributed by atoms with Crippen molar-refractivity contribution in [2.75, 3.05) is 32.7 Å². The highest BCUT2D eigenvalue weighted by molar-refractivity contribution is 6.31. The molecule has 4 heterocycles. The number of hydrogen-bond acceptors (Lipinski definition) is 7. The van der Waals surface area contributed by atoms with E-state index in [1.165, 1.54) is 0 Å². The number of benzene rings is 2. The van der Waals surface area contributed by atoms with Crippen molar-refractivity contribution < 1.29 is 23.8 Å². The number of aromatic amines is 1. The summed E-state index contributed by atoms with van der Waals surface area (Å²) in [5.41, 5.74) is 2.47. The van der Waals surface area contributed by atoms with Gasteiger partial charge in [0.15, 0.2) is 0 Å². The first-order valence-corrected chi connectivity index (χ1v) is 14.8. The smallest absolute Gasteiger partial charge is 0.414 e. The molecule has 2 aliphatic heterocycles. The molecule has 2 saturated heterocycles. The van der Waals surface area contributed by atoms with Crippen molar-refractivity contribution in [1.29, 1.82) is 0 Å². The number of carbonyl (C=O) groups excluding carboxylic acids is 1. The van der Waals surface area contributed by atoms with Crippen LogP contribution in [0.5, 0.6) is 11.6 Å². The Balaban J connectivity index is 0.997. The molecule has 1 amide bonds. The molecule has 41 heavy (non-hydrogen) atoms. The monoisotopic (exact) mass is 580 g/mol. The van der Waals surface area contributed by atoms with E-state index >= 15 is 0 Å². The minimum atomic E-state index is -0.459. The van der Waals surface area contributed by atoms with Crippen molar-refractivity contribution in [1.82, 2.24) is 20.1 Å². The van der Waals surface area contributed by atoms with Gasteiger partial charge in [-0.3, -0.25) is 4.90 Å². The standard InChI is InChI=1S/C31H37ClN4O5/c1-20(36-13-9-24(37)10-14-36)17-35-11-7-23(8-12-35)33-31(38)41-30-16-26-27(34-30)3-2-4-28(26)39-18-21-19-40-29-6-5-22(32)15-25(21)29/h2-6,15-16,19-20,23-24,34,37H,7-14,17-18H2,1H3,(H,33,38)/t20-/m0/s1. The molecule has 0 bridgehead atoms. The summed E-state index contributed by atoms with van der Waals surface area (Å²) >= 11 is 6.16. The molecule has 2 aromatic carbocycles. The van der Waals surface area contributed by atoms with Gasteiger partial charge >= 0.3 is 6.09 Å². The summed E-state index contributed by atoms with van der Waals surface area (Å²) in [4.78, 5) is 20.8. The zero-order chi connectivity index (χ0) is 28.3. The zero-order valence-electron chi connectivity index (χ0n) is 23.3. The fraction of sp³-hybridized carbons (Fsp3) is 0.452. The Hall–Kier alpha value is -3.24. The lowest BCUT2D eigenvalue weighted by Gasteiger charge is -2.39. The van der Waals surface area contributed by atoms with E-state index in [9.17, 15) is 9.90 Å². The minimum Gasteiger partial charge on any atom is -0.488 e. The molecule has 1 atom stereocenters. The lowest BCUT2D eigenvalue weighted by atomic mass is 10.0. The number of piperidine rings is 2. The van der Waals surface area contributed by atoms with Crippen molar-refractivity contribution in [3.63, 3.8) is 0 Å². The molecule has 4 aromatic rings. The number of aromatic nitrogens is 1. The first-order valence-electron chi connectivity index (χ1n) is 14.4. The van der Waals surface area contributed by atoms with Crippen molar-refractivity contribution in [3.05, 3.63) is 59.3 Å². The second-order valence-corrected chi connectivity index (χ2v) is 11.7. The third-order valence-corrected chi connectivity index (χ3v) is 8.59. The first-order chi connectivity index (χ1) is 19.9. The van der Waals surface area contributed by atoms with E-state index in [0.29, 0.717) is 29.3 Å². The van der Waals surface area contributed by atoms with Crippen LogP contribution in [0.15, 0.2) is 53.1 Å². The summed E-state index contributed by atoms with van der Waals surface area (Å²) < 4.78 is 17.4. The zero-order valence-corrected chi connectivity index (χ0v) is 24.0. The molecule has 2 fully saturated rings. The molecule has 6 rings (SSSR count). The van der Waals surface area contributed by atoms with Gasteiger partial charge in [-0.25, -0.2) is 4.79 Å². The van der Waals surface area contributed by atoms with E-state index in [2.05, 4.69) is 27.0 Å². The molecule has 0 saturated carbocycles. The number of halogens is 1. The molecule has 2 aromatic heterocycles. The van der Waals surface area contributed by atoms with E-state index in [1.807, 2.05) is 30.3 Å². The Morgan fingerprint density at radius 3 is 2.73 bits per heavy atom. The van der Waals surface area contributed by atoms with Crippen molar-refractivity contribution in [3.8, 4) is 11.6 Å². The Labute approximate surface area is 244 Å². The lowest BCUT2D eigenvalue weighted by Crippen LogP contribution is -2.50. The number of carbonyl (C=O) groups is 1. The first kappa shape index (κ1) is 27.9. The molecule has 3 N–H and O–H groups in total. The fourth-order valence-corrected chi connectivity index (χ4v) is 6.15. The van der Waals surface area contributed by atoms with Gasteiger partial charge in [-0.05, 0) is 62.9 Å². The van der Waals surface area contributed by atoms with Gasteiger partial charge in [-0.1, -0.05) is 17.7 Å². The predicted molar refractivity (Wildman–Crippen MR) is 159 cm³/mol. The van der Waals surface area contributed by atoms with Gasteiger partial charge in [0.1, 0.15) is 17.9 Å². The molecule has 9 nitrogen and oxygen atoms in total. The number of aliphatic hydroxyl groups is 1. The molecule has 218 valence electrons. The highest BCUT2D eigenvalue weighted by Gasteiger charge is 2.26. The number of hydrogen-bond donors (Lipinski definition) is 3. The quantitative estimate of drug-likeness (QED) is 0.251. The SMILES string of the molecule is C[C@@H](CN1CCC(NC(=O)Oc2cc3c(OCc4coc5ccc(Cl)cc45)cccc3[nH]2)CC1)N1CCC(O)CC1. The highest BCUT2D eigenvalue weighted by atomic mass is 35.5. The lowest BCUT2D eigenvalue weighted by molar-refractivity contribution is 0.0501. The van der Waals surface area contributed by atoms with Crippen LogP contribution in [-0.4, -0.2) is 76.9 Å². The Morgan fingerprint density at radius 1 is 1.12 bits per heavy atom. The number of ether oxygens (including phenoxy) is 2. The van der Waals surface area contributed by atoms with Crippen LogP contribution in [0.1, 0.15) is 38.2 Å². The van der Waals surface area contributed by atoms with Gasteiger partial charge in [0.25, 0.3) is 0 Å². The number of amides is 1. The van der Waals surface area contributed by atoms with Crippen molar-refractivity contribution >= 4 is 39.6 Å². The van der Waals surface area contributed by atoms with E-state index < -0.39 is 6.09 Å². The van der Waals surface area contributed by atoms with Gasteiger partial charge < -0.3 is 34.2 Å². The van der Waals surface area contributed by atoms with Gasteiger partial charge in [0.05, 0.1) is 17.9 Å². The third-order valence-electron chi connectivity index (χ3n) is 8.36. The average Bonchev–Trinajstić information content (AvgIpc) is 3.56. The molecule has 10 heteroatoms. The highest BCUT2D eigenvalue weighted by Crippen LogP contribution is 2.31. The van der Waals surface area contributed by atoms with Gasteiger partial charge in [0, 0.05) is 72.2 Å². The van der Waals surface area contributed by atoms with Crippen LogP contribution in [0.4, 0.5) is 4.79 Å². The average molecular weight is 581 g/mol. The van der Waals surface area contributed by atoms with Crippen molar-refractivity contribution in [2.24, 2.45) is 0 Å². The summed E-state index contributed by atoms with van der Waals surface area (Å²) in [5.74, 6) is 1.04. The molecule has 0 unspecified atom stereocenters. The normalized spacial score (nSPS) is 18.6. The third kappa shape index (κ3) is 6.64. The Kier molecular flexibility index (Phi) is 8.39. The van der Waals surface area contributed by atoms with Gasteiger partial charge in [0.2, 0.25) is 5.88 Å². The maximum atomic E-state index is 12.7. The number of likely N-dealkylation sites (tertiary alicyclic amines) is 2. The largest absolute Gasteiger partial charge is 0.488 e. The maximum Gasteiger partial charge on any atom is 0.414 e. The van der Waals surface area contributed by atoms with Crippen molar-refractivity contribution in [2.45, 2.75) is 57.4 Å². The number of H-pyrrole nitrogens is 1. The fourth-order valence-electron chi connectivity index (χ4n) is 5.98. The molecular formula is C31H37ClN4O5. The van der Waals surface area contributed by atoms with E-state index in [4.69, 9.17) is 25.5 Å². The summed E-state index contributed by atoms with van der Waals surface area (Å²) in [7, 11) is 0. The Bertz CT molecular complexity index is 1490. The summed E-state index contributed by atoms with van der Waals surface area (Å²) in [6.07, 6.45) is 4.58. The number of furan rings is 1. The maximum absolute atomic E-state index is 12.7. The number of aliphatic hydroxyl groups excluding tert-OH is 1. The summed E-state index contributed by atoms with van der Waals surface area (Å²) in [5, 5.41) is 15.2. The Morgan fingerprint density at radius 2 is 1.93 bits per heavy atom. The molecule has 0 radical (unpaired) electrons. The molecular weight excluding hydrogens is 544 g/mol. The van der Waals surface area contributed by atoms with Crippen LogP contribution in [-0.2, 0) is 6.61 Å². The number of nitrogens with zero attached hydrogens (tertiary/aromatic N) is 2. The summed E-state index contributed by atoms with van der Waals surface area (Å²) in [6, 6.07) is 13.5. The van der Waals surface area contributed by atoms with E-state index in [-0.39, 0.29) is 12.1 Å². The van der Waals surface area contributed by atoms with Crippen LogP contribution in [0.3, 0.4) is 0 Å². The van der Waals surface area contributed by atoms with Crippen LogP contribution >= 0.6 is 11.6 Å². The number of nitrogens with one attached hydrogen (secondary N) is 2. The van der Waals surface area contributed by atoms with Crippen LogP contribution in [0, 0.1) is 0 Å². The van der Waals surface area contributed by atoms with E-state index in [1.54, 1.807) is 18.4 Å². The van der Waals surface area contributed by atoms with Gasteiger partial charge in [-0.2, -0.15) is 0 Å². The molecule has 2 aliphatic rings. The van der Waals surface area contributed by atoms with Crippen LogP contribution < -0.4 is 14.8 Å². The number of fused-ring (bicyclic) bond motifs is 2. The second-order valence-electron chi connectivity index (χ2n) is 11.3.